The molecule has 1 saturated heterocycles. The number of aliphatic carboxylic acids is 1. The van der Waals surface area contributed by atoms with Gasteiger partial charge in [-0.1, -0.05) is 19.1 Å². The maximum Gasteiger partial charge on any atom is 0.321 e. The molecule has 0 aliphatic carbocycles. The molecule has 4 heteroatoms. The van der Waals surface area contributed by atoms with Gasteiger partial charge in [-0.15, -0.1) is 0 Å². The Balaban J connectivity index is 2.03. The fourth-order valence-corrected chi connectivity index (χ4v) is 3.08. The van der Waals surface area contributed by atoms with Gasteiger partial charge >= 0.3 is 5.97 Å². The van der Waals surface area contributed by atoms with Gasteiger partial charge in [0.1, 0.15) is 11.8 Å². The summed E-state index contributed by atoms with van der Waals surface area (Å²) < 4.78 is 5.15. The molecule has 0 aromatic heterocycles. The van der Waals surface area contributed by atoms with Crippen molar-refractivity contribution in [3.63, 3.8) is 0 Å². The molecule has 1 N–H and O–H groups in total. The molecule has 1 aromatic carbocycles. The highest BCUT2D eigenvalue weighted by Crippen LogP contribution is 2.27. The Morgan fingerprint density at radius 1 is 1.45 bits per heavy atom. The van der Waals surface area contributed by atoms with Gasteiger partial charge in [0, 0.05) is 6.04 Å². The van der Waals surface area contributed by atoms with E-state index < -0.39 is 5.97 Å². The van der Waals surface area contributed by atoms with Crippen LogP contribution < -0.4 is 4.74 Å². The lowest BCUT2D eigenvalue weighted by Crippen LogP contribution is -2.44. The van der Waals surface area contributed by atoms with Gasteiger partial charge in [0.05, 0.1) is 7.11 Å². The maximum absolute atomic E-state index is 11.4. The van der Waals surface area contributed by atoms with Crippen LogP contribution in [-0.2, 0) is 11.2 Å². The van der Waals surface area contributed by atoms with Crippen molar-refractivity contribution in [2.24, 2.45) is 5.92 Å². The fraction of sp³-hybridized carbons (Fsp3) is 0.562. The number of hydrogen-bond acceptors (Lipinski definition) is 3. The van der Waals surface area contributed by atoms with E-state index in [1.165, 1.54) is 5.56 Å². The average Bonchev–Trinajstić information content (AvgIpc) is 2.81. The number of methoxy groups -OCH3 is 1. The molecule has 3 unspecified atom stereocenters. The Labute approximate surface area is 120 Å². The molecule has 2 rings (SSSR count). The van der Waals surface area contributed by atoms with Crippen LogP contribution in [0.5, 0.6) is 5.75 Å². The Morgan fingerprint density at radius 2 is 2.10 bits per heavy atom. The number of carbonyl (C=O) groups is 1. The summed E-state index contributed by atoms with van der Waals surface area (Å²) in [4.78, 5) is 13.5. The average molecular weight is 277 g/mol. The molecule has 0 bridgehead atoms. The maximum atomic E-state index is 11.4. The van der Waals surface area contributed by atoms with Gasteiger partial charge in [0.2, 0.25) is 0 Å². The van der Waals surface area contributed by atoms with Crippen molar-refractivity contribution < 1.29 is 14.6 Å². The third-order valence-corrected chi connectivity index (χ3v) is 4.25. The van der Waals surface area contributed by atoms with E-state index in [2.05, 4.69) is 11.8 Å². The topological polar surface area (TPSA) is 49.8 Å². The smallest absolute Gasteiger partial charge is 0.321 e. The van der Waals surface area contributed by atoms with Crippen LogP contribution in [0.4, 0.5) is 0 Å². The highest BCUT2D eigenvalue weighted by atomic mass is 16.5. The van der Waals surface area contributed by atoms with Crippen molar-refractivity contribution in [3.8, 4) is 5.75 Å². The number of hydrogen-bond donors (Lipinski definition) is 1. The second-order valence-electron chi connectivity index (χ2n) is 5.69. The molecule has 0 spiro atoms. The van der Waals surface area contributed by atoms with E-state index in [1.54, 1.807) is 7.11 Å². The minimum atomic E-state index is -0.698. The van der Waals surface area contributed by atoms with Crippen molar-refractivity contribution in [2.45, 2.75) is 38.8 Å². The number of carboxylic acid groups (broad SMARTS) is 1. The summed E-state index contributed by atoms with van der Waals surface area (Å²) in [6.45, 7) is 5.01. The molecular formula is C16H23NO3. The van der Waals surface area contributed by atoms with E-state index in [0.717, 1.165) is 25.1 Å². The summed E-state index contributed by atoms with van der Waals surface area (Å²) in [5, 5.41) is 9.38. The monoisotopic (exact) mass is 277 g/mol. The van der Waals surface area contributed by atoms with Crippen molar-refractivity contribution in [1.29, 1.82) is 0 Å². The molecule has 0 amide bonds. The Morgan fingerprint density at radius 3 is 2.65 bits per heavy atom. The van der Waals surface area contributed by atoms with Gasteiger partial charge in [0.25, 0.3) is 0 Å². The van der Waals surface area contributed by atoms with Crippen LogP contribution in [-0.4, -0.2) is 41.7 Å². The summed E-state index contributed by atoms with van der Waals surface area (Å²) in [6, 6.07) is 7.87. The summed E-state index contributed by atoms with van der Waals surface area (Å²) in [7, 11) is 1.65. The summed E-state index contributed by atoms with van der Waals surface area (Å²) in [6.07, 6.45) is 1.82. The van der Waals surface area contributed by atoms with E-state index in [1.807, 2.05) is 31.2 Å². The number of rotatable bonds is 5. The summed E-state index contributed by atoms with van der Waals surface area (Å²) in [5.74, 6) is 0.377. The molecule has 1 aliphatic heterocycles. The molecule has 4 nitrogen and oxygen atoms in total. The fourth-order valence-electron chi connectivity index (χ4n) is 3.08. The first-order valence-electron chi connectivity index (χ1n) is 7.14. The molecule has 1 heterocycles. The lowest BCUT2D eigenvalue weighted by atomic mass is 10.0. The van der Waals surface area contributed by atoms with Crippen LogP contribution in [0.2, 0.25) is 0 Å². The molecule has 1 fully saturated rings. The molecule has 20 heavy (non-hydrogen) atoms. The zero-order valence-corrected chi connectivity index (χ0v) is 12.4. The van der Waals surface area contributed by atoms with Gasteiger partial charge in [-0.3, -0.25) is 9.69 Å². The van der Waals surface area contributed by atoms with Gasteiger partial charge in [0.15, 0.2) is 0 Å². The zero-order chi connectivity index (χ0) is 14.7. The van der Waals surface area contributed by atoms with Crippen LogP contribution >= 0.6 is 0 Å². The van der Waals surface area contributed by atoms with E-state index >= 15 is 0 Å². The van der Waals surface area contributed by atoms with Gasteiger partial charge < -0.3 is 9.84 Å². The van der Waals surface area contributed by atoms with Crippen LogP contribution in [0.15, 0.2) is 24.3 Å². The molecule has 0 saturated carbocycles. The predicted octanol–water partition coefficient (Wildman–Crippen LogP) is 2.42. The normalized spacial score (nSPS) is 24.6. The second-order valence-corrected chi connectivity index (χ2v) is 5.69. The third kappa shape index (κ3) is 3.12. The van der Waals surface area contributed by atoms with Gasteiger partial charge in [-0.2, -0.15) is 0 Å². The second kappa shape index (κ2) is 6.27. The first-order valence-corrected chi connectivity index (χ1v) is 7.14. The lowest BCUT2D eigenvalue weighted by Gasteiger charge is -2.29. The minimum Gasteiger partial charge on any atom is -0.497 e. The number of likely N-dealkylation sites (tertiary alicyclic amines) is 1. The summed E-state index contributed by atoms with van der Waals surface area (Å²) in [5.41, 5.74) is 1.21. The first kappa shape index (κ1) is 14.9. The zero-order valence-electron chi connectivity index (χ0n) is 12.4. The predicted molar refractivity (Wildman–Crippen MR) is 78.1 cm³/mol. The molecular weight excluding hydrogens is 254 g/mol. The van der Waals surface area contributed by atoms with E-state index in [0.29, 0.717) is 0 Å². The van der Waals surface area contributed by atoms with Gasteiger partial charge in [-0.05, 0) is 49.9 Å². The lowest BCUT2D eigenvalue weighted by molar-refractivity contribution is -0.144. The van der Waals surface area contributed by atoms with Crippen LogP contribution in [0.25, 0.3) is 0 Å². The van der Waals surface area contributed by atoms with Crippen LogP contribution in [0.3, 0.4) is 0 Å². The van der Waals surface area contributed by atoms with Crippen LogP contribution in [0, 0.1) is 5.92 Å². The van der Waals surface area contributed by atoms with E-state index in [4.69, 9.17) is 4.74 Å². The SMILES string of the molecule is COc1ccc(CC(C)N2CCC(C)C2C(=O)O)cc1. The Hall–Kier alpha value is -1.55. The van der Waals surface area contributed by atoms with E-state index in [9.17, 15) is 9.90 Å². The molecule has 1 aromatic rings. The van der Waals surface area contributed by atoms with Crippen molar-refractivity contribution in [1.82, 2.24) is 4.90 Å². The van der Waals surface area contributed by atoms with Crippen molar-refractivity contribution in [3.05, 3.63) is 29.8 Å². The van der Waals surface area contributed by atoms with Gasteiger partial charge in [-0.25, -0.2) is 0 Å². The molecule has 0 radical (unpaired) electrons. The third-order valence-electron chi connectivity index (χ3n) is 4.25. The van der Waals surface area contributed by atoms with E-state index in [-0.39, 0.29) is 18.0 Å². The molecule has 3 atom stereocenters. The highest BCUT2D eigenvalue weighted by molar-refractivity contribution is 5.74. The number of benzene rings is 1. The quantitative estimate of drug-likeness (QED) is 0.898. The number of carboxylic acids is 1. The minimum absolute atomic E-state index is 0.228. The molecule has 110 valence electrons. The highest BCUT2D eigenvalue weighted by Gasteiger charge is 2.38. The first-order chi connectivity index (χ1) is 9.52. The molecule has 1 aliphatic rings. The number of ether oxygens (including phenoxy) is 1. The Kier molecular flexibility index (Phi) is 4.65. The standard InChI is InChI=1S/C16H23NO3/c1-11-8-9-17(15(11)16(18)19)12(2)10-13-4-6-14(20-3)7-5-13/h4-7,11-12,15H,8-10H2,1-3H3,(H,18,19). The largest absolute Gasteiger partial charge is 0.497 e. The summed E-state index contributed by atoms with van der Waals surface area (Å²) >= 11 is 0. The number of nitrogens with zero attached hydrogens (tertiary/aromatic N) is 1. The Bertz CT molecular complexity index is 457. The van der Waals surface area contributed by atoms with Crippen LogP contribution in [0.1, 0.15) is 25.8 Å². The van der Waals surface area contributed by atoms with Crippen molar-refractivity contribution >= 4 is 5.97 Å². The van der Waals surface area contributed by atoms with Crippen molar-refractivity contribution in [2.75, 3.05) is 13.7 Å².